The van der Waals surface area contributed by atoms with E-state index in [2.05, 4.69) is 25.5 Å². The highest BCUT2D eigenvalue weighted by molar-refractivity contribution is 7.99. The Morgan fingerprint density at radius 2 is 1.78 bits per heavy atom. The van der Waals surface area contributed by atoms with Gasteiger partial charge in [-0.3, -0.25) is 4.79 Å². The zero-order valence-corrected chi connectivity index (χ0v) is 26.7. The van der Waals surface area contributed by atoms with Crippen molar-refractivity contribution in [2.24, 2.45) is 11.3 Å². The Hall–Kier alpha value is -2.73. The second-order valence-electron chi connectivity index (χ2n) is 13.6. The predicted molar refractivity (Wildman–Crippen MR) is 173 cm³/mol. The van der Waals surface area contributed by atoms with E-state index in [0.29, 0.717) is 63.4 Å². The molecule has 4 aliphatic rings. The van der Waals surface area contributed by atoms with Crippen LogP contribution < -0.4 is 20.9 Å². The molecular weight excluding hydrogens is 596 g/mol. The summed E-state index contributed by atoms with van der Waals surface area (Å²) in [5.74, 6) is 1.22. The fourth-order valence-corrected chi connectivity index (χ4v) is 8.83. The molecule has 1 spiro atoms. The monoisotopic (exact) mass is 640 g/mol. The minimum atomic E-state index is -0.597. The number of aromatic amines is 1. The maximum Gasteiger partial charge on any atom is 0.261 e. The van der Waals surface area contributed by atoms with Gasteiger partial charge < -0.3 is 30.0 Å². The third kappa shape index (κ3) is 6.87. The number of nitrogens with zero attached hydrogens (tertiary/aromatic N) is 3. The summed E-state index contributed by atoms with van der Waals surface area (Å²) in [5.41, 5.74) is 5.56. The number of benzene rings is 2. The molecule has 4 heterocycles. The lowest BCUT2D eigenvalue weighted by Gasteiger charge is -2.56. The number of hydrogen-bond donors (Lipinski definition) is 2. The molecule has 2 aromatic carbocycles. The molecule has 8 nitrogen and oxygen atoms in total. The van der Waals surface area contributed by atoms with Crippen LogP contribution in [0.1, 0.15) is 57.2 Å². The van der Waals surface area contributed by atoms with Crippen molar-refractivity contribution < 1.29 is 24.0 Å². The van der Waals surface area contributed by atoms with E-state index in [1.807, 2.05) is 12.1 Å². The first kappa shape index (κ1) is 30.9. The molecule has 0 amide bonds. The van der Waals surface area contributed by atoms with Gasteiger partial charge in [-0.15, -0.1) is 0 Å². The standard InChI is InChI=1S/C34H43F2N5O3S/c35-27-15-23(37)1-2-30(27)41-11-7-34(8-12-41)18-24(19-34)40-9-3-22(4-10-40)20-44-25-16-28(36)32-29(17-25)38-31(39-33(32)42)21-45-26-5-13-43-14-6-26/h1-2,15-17,22,24,26H,3-14,18-21,37H2,(H,38,39,42)/p+1. The maximum absolute atomic E-state index is 15.0. The maximum atomic E-state index is 15.0. The molecule has 0 atom stereocenters. The lowest BCUT2D eigenvalue weighted by molar-refractivity contribution is -0.255. The first-order chi connectivity index (χ1) is 21.8. The molecule has 0 radical (unpaired) electrons. The summed E-state index contributed by atoms with van der Waals surface area (Å²) >= 11 is 1.76. The molecule has 45 heavy (non-hydrogen) atoms. The third-order valence-corrected chi connectivity index (χ3v) is 12.0. The van der Waals surface area contributed by atoms with E-state index in [1.54, 1.807) is 17.8 Å². The van der Waals surface area contributed by atoms with Crippen molar-refractivity contribution in [2.75, 3.05) is 50.9 Å². The number of halogens is 2. The molecule has 0 bridgehead atoms. The van der Waals surface area contributed by atoms with Gasteiger partial charge in [0.05, 0.1) is 23.6 Å². The van der Waals surface area contributed by atoms with Crippen molar-refractivity contribution in [2.45, 2.75) is 68.4 Å². The molecule has 3 aromatic rings. The van der Waals surface area contributed by atoms with E-state index < -0.39 is 11.4 Å². The zero-order chi connectivity index (χ0) is 31.0. The highest BCUT2D eigenvalue weighted by Crippen LogP contribution is 2.52. The highest BCUT2D eigenvalue weighted by atomic mass is 32.2. The molecule has 7 rings (SSSR count). The number of fused-ring (bicyclic) bond motifs is 1. The lowest BCUT2D eigenvalue weighted by Crippen LogP contribution is -2.56. The summed E-state index contributed by atoms with van der Waals surface area (Å²) in [6, 6.07) is 8.94. The van der Waals surface area contributed by atoms with Gasteiger partial charge in [0.25, 0.3) is 5.56 Å². The molecule has 242 valence electrons. The summed E-state index contributed by atoms with van der Waals surface area (Å²) < 4.78 is 41.0. The summed E-state index contributed by atoms with van der Waals surface area (Å²) in [5, 5.41) is 0.468. The number of aromatic nitrogens is 2. The second-order valence-corrected chi connectivity index (χ2v) is 14.8. The van der Waals surface area contributed by atoms with Crippen LogP contribution in [0.2, 0.25) is 0 Å². The number of hydrogen-bond acceptors (Lipinski definition) is 7. The second kappa shape index (κ2) is 13.2. The first-order valence-corrected chi connectivity index (χ1v) is 17.5. The summed E-state index contributed by atoms with van der Waals surface area (Å²) in [4.78, 5) is 24.9. The number of thioether (sulfide) groups is 1. The van der Waals surface area contributed by atoms with Gasteiger partial charge in [-0.2, -0.15) is 11.8 Å². The van der Waals surface area contributed by atoms with E-state index >= 15 is 0 Å². The molecule has 1 aliphatic carbocycles. The van der Waals surface area contributed by atoms with Crippen LogP contribution in [-0.2, 0) is 10.5 Å². The van der Waals surface area contributed by atoms with Gasteiger partial charge in [0.15, 0.2) is 5.82 Å². The van der Waals surface area contributed by atoms with Crippen LogP contribution in [0.25, 0.3) is 10.9 Å². The first-order valence-electron chi connectivity index (χ1n) is 16.5. The molecular formula is C34H44F2N5O3S+. The third-order valence-electron chi connectivity index (χ3n) is 10.6. The number of nitrogens with one attached hydrogen (secondary N) is 1. The Bertz CT molecular complexity index is 1560. The Labute approximate surface area is 267 Å². The van der Waals surface area contributed by atoms with Gasteiger partial charge >= 0.3 is 0 Å². The Morgan fingerprint density at radius 1 is 1.02 bits per heavy atom. The van der Waals surface area contributed by atoms with Crippen molar-refractivity contribution in [3.05, 3.63) is 58.1 Å². The average Bonchev–Trinajstić information content (AvgIpc) is 3.02. The molecule has 4 fully saturated rings. The molecule has 0 unspecified atom stereocenters. The van der Waals surface area contributed by atoms with Gasteiger partial charge in [-0.05, 0) is 81.9 Å². The topological polar surface area (TPSA) is 98.3 Å². The Balaban J connectivity index is 0.876. The lowest BCUT2D eigenvalue weighted by atomic mass is 9.59. The van der Waals surface area contributed by atoms with Crippen LogP contribution in [-0.4, -0.2) is 72.2 Å². The summed E-state index contributed by atoms with van der Waals surface area (Å²) in [7, 11) is 0. The van der Waals surface area contributed by atoms with Crippen molar-refractivity contribution in [1.29, 1.82) is 0 Å². The number of piperidine rings is 2. The molecule has 3 saturated heterocycles. The highest BCUT2D eigenvalue weighted by Gasteiger charge is 2.48. The normalized spacial score (nSPS) is 21.8. The number of quaternary nitrogens is 1. The minimum Gasteiger partial charge on any atom is -0.493 e. The predicted octanol–water partition coefficient (Wildman–Crippen LogP) is 5.03. The Morgan fingerprint density at radius 3 is 2.51 bits per heavy atom. The van der Waals surface area contributed by atoms with Crippen molar-refractivity contribution in [3.8, 4) is 5.75 Å². The van der Waals surface area contributed by atoms with Crippen LogP contribution in [0.3, 0.4) is 0 Å². The number of anilines is 1. The van der Waals surface area contributed by atoms with Crippen molar-refractivity contribution in [1.82, 2.24) is 14.9 Å². The van der Waals surface area contributed by atoms with E-state index in [4.69, 9.17) is 9.47 Å². The largest absolute Gasteiger partial charge is 0.493 e. The van der Waals surface area contributed by atoms with E-state index in [-0.39, 0.29) is 11.2 Å². The summed E-state index contributed by atoms with van der Waals surface area (Å²) in [6.45, 7) is 6.00. The van der Waals surface area contributed by atoms with Crippen LogP contribution in [0.15, 0.2) is 35.1 Å². The molecule has 1 aromatic heterocycles. The zero-order valence-electron chi connectivity index (χ0n) is 25.9. The minimum absolute atomic E-state index is 0.0146. The van der Waals surface area contributed by atoms with Gasteiger partial charge in [0.2, 0.25) is 0 Å². The van der Waals surface area contributed by atoms with Crippen LogP contribution in [0.4, 0.5) is 20.2 Å². The van der Waals surface area contributed by atoms with Gasteiger partial charge in [0.1, 0.15) is 28.5 Å². The number of likely N-dealkylation sites (tertiary alicyclic amines) is 1. The summed E-state index contributed by atoms with van der Waals surface area (Å²) in [6.07, 6.45) is 8.81. The van der Waals surface area contributed by atoms with Crippen molar-refractivity contribution in [3.63, 3.8) is 0 Å². The quantitative estimate of drug-likeness (QED) is 0.357. The Kier molecular flexibility index (Phi) is 9.05. The van der Waals surface area contributed by atoms with Crippen LogP contribution in [0.5, 0.6) is 5.75 Å². The van der Waals surface area contributed by atoms with Crippen LogP contribution in [0, 0.1) is 23.0 Å². The fourth-order valence-electron chi connectivity index (χ4n) is 7.77. The van der Waals surface area contributed by atoms with Crippen molar-refractivity contribution >= 4 is 34.0 Å². The number of H-pyrrole nitrogens is 1. The van der Waals surface area contributed by atoms with E-state index in [0.717, 1.165) is 77.9 Å². The fraction of sp³-hybridized carbons (Fsp3) is 0.588. The van der Waals surface area contributed by atoms with Gasteiger partial charge in [0, 0.05) is 61.9 Å². The number of ether oxygens (including phenoxy) is 2. The molecule has 4 N–H and O–H groups in total. The van der Waals surface area contributed by atoms with Gasteiger partial charge in [-0.25, -0.2) is 13.8 Å². The number of rotatable bonds is 8. The van der Waals surface area contributed by atoms with Gasteiger partial charge in [-0.1, -0.05) is 0 Å². The SMILES string of the molecule is [NH3+]c1ccc(N2CCC3(CC2)CC(N2CCC(COc4cc(F)c5c(=O)[nH]c(CSC6CCOCC6)nc5c4)CC2)C3)c(F)c1. The molecule has 1 saturated carbocycles. The van der Waals surface area contributed by atoms with Crippen LogP contribution >= 0.6 is 11.8 Å². The van der Waals surface area contributed by atoms with E-state index in [1.165, 1.54) is 25.0 Å². The average molecular weight is 641 g/mol. The molecule has 11 heteroatoms. The van der Waals surface area contributed by atoms with E-state index in [9.17, 15) is 13.6 Å². The molecule has 3 aliphatic heterocycles. The smallest absolute Gasteiger partial charge is 0.261 e.